The number of hydrogen-bond donors (Lipinski definition) is 0. The van der Waals surface area contributed by atoms with Gasteiger partial charge in [-0.3, -0.25) is 0 Å². The van der Waals surface area contributed by atoms with Crippen LogP contribution in [0.3, 0.4) is 0 Å². The van der Waals surface area contributed by atoms with E-state index in [1.165, 1.54) is 90.6 Å². The Kier molecular flexibility index (Phi) is 6.32. The lowest BCUT2D eigenvalue weighted by Crippen LogP contribution is -2.57. The van der Waals surface area contributed by atoms with E-state index in [9.17, 15) is 0 Å². The van der Waals surface area contributed by atoms with Crippen molar-refractivity contribution in [2.45, 2.75) is 63.7 Å². The first-order valence-electron chi connectivity index (χ1n) is 14.3. The summed E-state index contributed by atoms with van der Waals surface area (Å²) in [6, 6.07) is 23.6. The Morgan fingerprint density at radius 2 is 1.18 bits per heavy atom. The molecule has 0 atom stereocenters. The maximum atomic E-state index is 2.74. The van der Waals surface area contributed by atoms with E-state index >= 15 is 0 Å². The second kappa shape index (κ2) is 9.43. The zero-order valence-electron chi connectivity index (χ0n) is 21.3. The third-order valence-corrected chi connectivity index (χ3v) is 10.4. The predicted molar refractivity (Wildman–Crippen MR) is 142 cm³/mol. The largest absolute Gasteiger partial charge is 0.301 e. The van der Waals surface area contributed by atoms with Gasteiger partial charge >= 0.3 is 0 Å². The van der Waals surface area contributed by atoms with Crippen LogP contribution in [0.5, 0.6) is 0 Å². The maximum Gasteiger partial charge on any atom is 0.0259 e. The molecule has 1 saturated heterocycles. The highest BCUT2D eigenvalue weighted by Crippen LogP contribution is 2.68. The number of rotatable bonds is 8. The lowest BCUT2D eigenvalue weighted by Gasteiger charge is -2.64. The molecule has 2 nitrogen and oxygen atoms in total. The topological polar surface area (TPSA) is 6.48 Å². The Morgan fingerprint density at radius 3 is 1.65 bits per heavy atom. The second-order valence-corrected chi connectivity index (χ2v) is 12.2. The third-order valence-electron chi connectivity index (χ3n) is 10.4. The molecule has 4 bridgehead atoms. The molecule has 182 valence electrons. The lowest BCUT2D eigenvalue weighted by atomic mass is 9.40. The van der Waals surface area contributed by atoms with Gasteiger partial charge in [0.1, 0.15) is 0 Å². The second-order valence-electron chi connectivity index (χ2n) is 12.2. The van der Waals surface area contributed by atoms with Crippen molar-refractivity contribution < 1.29 is 0 Å². The summed E-state index contributed by atoms with van der Waals surface area (Å²) >= 11 is 0. The Morgan fingerprint density at radius 1 is 0.706 bits per heavy atom. The number of benzene rings is 2. The van der Waals surface area contributed by atoms with Gasteiger partial charge in [0, 0.05) is 31.6 Å². The van der Waals surface area contributed by atoms with Gasteiger partial charge in [0.15, 0.2) is 0 Å². The molecule has 0 unspecified atom stereocenters. The molecule has 1 aliphatic heterocycles. The fourth-order valence-corrected chi connectivity index (χ4v) is 9.31. The molecule has 5 fully saturated rings. The zero-order chi connectivity index (χ0) is 23.0. The number of hydrogen-bond acceptors (Lipinski definition) is 2. The number of nitrogens with zero attached hydrogens (tertiary/aromatic N) is 2. The highest BCUT2D eigenvalue weighted by Gasteiger charge is 2.61. The molecule has 0 spiro atoms. The summed E-state index contributed by atoms with van der Waals surface area (Å²) in [6.07, 6.45) is 11.5. The molecule has 2 aromatic carbocycles. The molecule has 4 aliphatic carbocycles. The molecule has 0 aromatic heterocycles. The lowest BCUT2D eigenvalue weighted by molar-refractivity contribution is -0.0933. The van der Waals surface area contributed by atoms with E-state index in [1.807, 2.05) is 0 Å². The van der Waals surface area contributed by atoms with Gasteiger partial charge in [-0.15, -0.1) is 0 Å². The van der Waals surface area contributed by atoms with Gasteiger partial charge < -0.3 is 9.80 Å². The number of piperazine rings is 1. The highest BCUT2D eigenvalue weighted by atomic mass is 15.3. The number of likely N-dealkylation sites (N-methyl/N-ethyl adjacent to an activating group) is 1. The fourth-order valence-electron chi connectivity index (χ4n) is 9.31. The SMILES string of the molecule is CCN1CCN(CCCC(c2ccccc2)(c2ccccc2)C23CC4CC(CC(C4)C2)C3)CC1. The van der Waals surface area contributed by atoms with Crippen molar-refractivity contribution in [2.24, 2.45) is 23.2 Å². The van der Waals surface area contributed by atoms with E-state index in [2.05, 4.69) is 77.4 Å². The summed E-state index contributed by atoms with van der Waals surface area (Å²) in [4.78, 5) is 5.34. The molecule has 2 aromatic rings. The molecule has 5 aliphatic rings. The first-order chi connectivity index (χ1) is 16.7. The van der Waals surface area contributed by atoms with Crippen LogP contribution in [0.1, 0.15) is 69.4 Å². The average Bonchev–Trinajstić information content (AvgIpc) is 2.87. The average molecular weight is 457 g/mol. The van der Waals surface area contributed by atoms with Crippen LogP contribution in [0.4, 0.5) is 0 Å². The molecule has 0 amide bonds. The first kappa shape index (κ1) is 22.8. The van der Waals surface area contributed by atoms with Gasteiger partial charge in [0.2, 0.25) is 0 Å². The van der Waals surface area contributed by atoms with Gasteiger partial charge in [-0.2, -0.15) is 0 Å². The molecule has 7 rings (SSSR count). The fraction of sp³-hybridized carbons (Fsp3) is 0.625. The summed E-state index contributed by atoms with van der Waals surface area (Å²) in [7, 11) is 0. The monoisotopic (exact) mass is 456 g/mol. The van der Waals surface area contributed by atoms with E-state index in [-0.39, 0.29) is 5.41 Å². The van der Waals surface area contributed by atoms with Gasteiger partial charge in [-0.25, -0.2) is 0 Å². The normalized spacial score (nSPS) is 31.7. The smallest absolute Gasteiger partial charge is 0.0259 e. The van der Waals surface area contributed by atoms with E-state index in [0.29, 0.717) is 5.41 Å². The van der Waals surface area contributed by atoms with Crippen molar-refractivity contribution in [3.05, 3.63) is 71.8 Å². The van der Waals surface area contributed by atoms with Gasteiger partial charge in [-0.05, 0) is 98.8 Å². The quantitative estimate of drug-likeness (QED) is 0.441. The molecule has 1 heterocycles. The minimum absolute atomic E-state index is 0.150. The Hall–Kier alpha value is -1.64. The molecular formula is C32H44N2. The van der Waals surface area contributed by atoms with Crippen LogP contribution in [0.25, 0.3) is 0 Å². The van der Waals surface area contributed by atoms with Crippen molar-refractivity contribution in [2.75, 3.05) is 39.3 Å². The van der Waals surface area contributed by atoms with Crippen molar-refractivity contribution in [3.8, 4) is 0 Å². The van der Waals surface area contributed by atoms with E-state index in [4.69, 9.17) is 0 Å². The molecule has 4 saturated carbocycles. The maximum absolute atomic E-state index is 2.74. The van der Waals surface area contributed by atoms with Crippen molar-refractivity contribution in [1.82, 2.24) is 9.80 Å². The zero-order valence-corrected chi connectivity index (χ0v) is 21.3. The minimum atomic E-state index is 0.150. The van der Waals surface area contributed by atoms with Gasteiger partial charge in [0.25, 0.3) is 0 Å². The molecule has 2 heteroatoms. The summed E-state index contributed by atoms with van der Waals surface area (Å²) in [6.45, 7) is 9.73. The summed E-state index contributed by atoms with van der Waals surface area (Å²) in [5.74, 6) is 2.92. The van der Waals surface area contributed by atoms with Crippen LogP contribution in [-0.2, 0) is 5.41 Å². The molecule has 0 radical (unpaired) electrons. The van der Waals surface area contributed by atoms with E-state index in [0.717, 1.165) is 17.8 Å². The van der Waals surface area contributed by atoms with E-state index in [1.54, 1.807) is 11.1 Å². The van der Waals surface area contributed by atoms with Gasteiger partial charge in [-0.1, -0.05) is 67.6 Å². The summed E-state index contributed by atoms with van der Waals surface area (Å²) in [5, 5.41) is 0. The molecular weight excluding hydrogens is 412 g/mol. The third kappa shape index (κ3) is 3.95. The van der Waals surface area contributed by atoms with Crippen LogP contribution >= 0.6 is 0 Å². The van der Waals surface area contributed by atoms with Gasteiger partial charge in [0.05, 0.1) is 0 Å². The van der Waals surface area contributed by atoms with Crippen molar-refractivity contribution in [3.63, 3.8) is 0 Å². The van der Waals surface area contributed by atoms with Crippen LogP contribution in [-0.4, -0.2) is 49.1 Å². The first-order valence-corrected chi connectivity index (χ1v) is 14.3. The van der Waals surface area contributed by atoms with Crippen molar-refractivity contribution in [1.29, 1.82) is 0 Å². The Bertz CT molecular complexity index is 853. The van der Waals surface area contributed by atoms with Crippen LogP contribution < -0.4 is 0 Å². The molecule has 0 N–H and O–H groups in total. The summed E-state index contributed by atoms with van der Waals surface area (Å²) in [5.41, 5.74) is 3.78. The van der Waals surface area contributed by atoms with Crippen LogP contribution in [0.15, 0.2) is 60.7 Å². The van der Waals surface area contributed by atoms with Crippen LogP contribution in [0, 0.1) is 23.2 Å². The Balaban J connectivity index is 1.36. The predicted octanol–water partition coefficient (Wildman–Crippen LogP) is 6.61. The van der Waals surface area contributed by atoms with Crippen molar-refractivity contribution >= 4 is 0 Å². The van der Waals surface area contributed by atoms with E-state index < -0.39 is 0 Å². The van der Waals surface area contributed by atoms with Crippen LogP contribution in [0.2, 0.25) is 0 Å². The molecule has 34 heavy (non-hydrogen) atoms. The minimum Gasteiger partial charge on any atom is -0.301 e. The highest BCUT2D eigenvalue weighted by molar-refractivity contribution is 5.43. The summed E-state index contributed by atoms with van der Waals surface area (Å²) < 4.78 is 0. The standard InChI is InChI=1S/C32H44N2/c1-2-33-16-18-34(19-17-33)15-9-14-32(29-10-5-3-6-11-29,30-12-7-4-8-13-30)31-23-26-20-27(24-31)22-28(21-26)25-31/h3-8,10-13,26-28H,2,9,14-25H2,1H3. The Labute approximate surface area is 207 Å².